The molecule has 0 aromatic heterocycles. The summed E-state index contributed by atoms with van der Waals surface area (Å²) in [4.78, 5) is 0. The van der Waals surface area contributed by atoms with Crippen molar-refractivity contribution in [3.63, 3.8) is 0 Å². The van der Waals surface area contributed by atoms with Crippen molar-refractivity contribution in [3.8, 4) is 11.5 Å². The average molecular weight is 477 g/mol. The molecule has 5 heteroatoms. The molecule has 0 spiro atoms. The first-order valence-electron chi connectivity index (χ1n) is 11.6. The average Bonchev–Trinajstić information content (AvgIpc) is 2.64. The highest BCUT2D eigenvalue weighted by Gasteiger charge is 2.29. The zero-order valence-corrected chi connectivity index (χ0v) is 23.4. The van der Waals surface area contributed by atoms with Gasteiger partial charge in [-0.2, -0.15) is 0 Å². The second-order valence-corrected chi connectivity index (χ2v) is 13.8. The van der Waals surface area contributed by atoms with Gasteiger partial charge in [0.1, 0.15) is 11.5 Å². The summed E-state index contributed by atoms with van der Waals surface area (Å²) in [7, 11) is -2.28. The molecule has 33 heavy (non-hydrogen) atoms. The van der Waals surface area contributed by atoms with E-state index < -0.39 is 8.60 Å². The summed E-state index contributed by atoms with van der Waals surface area (Å²) in [6.07, 6.45) is 0. The van der Waals surface area contributed by atoms with Crippen LogP contribution in [0.15, 0.2) is 36.4 Å². The molecule has 0 amide bonds. The minimum Gasteiger partial charge on any atom is -0.416 e. The Hall–Kier alpha value is -1.64. The molecule has 0 aliphatic carbocycles. The van der Waals surface area contributed by atoms with Gasteiger partial charge in [0.05, 0.1) is 0 Å². The lowest BCUT2D eigenvalue weighted by Gasteiger charge is -2.29. The number of benzene rings is 2. The molecule has 0 saturated carbocycles. The standard InChI is InChI=1S/C28H42FO3P/c1-25(2,3)19-13-15-23(21(17-19)27(7,8)9)30-33(32-29)31-24-16-14-20(26(4,5)6)18-22(24)28(10,11)12/h13-18H,1-12H3. The SMILES string of the molecule is CC(C)(C)c1ccc(OP(OF)Oc2ccc(C(C)(C)C)cc2C(C)(C)C)c(C(C)(C)C)c1. The van der Waals surface area contributed by atoms with Crippen molar-refractivity contribution >= 4 is 8.60 Å². The Bertz CT molecular complexity index is 880. The lowest BCUT2D eigenvalue weighted by atomic mass is 9.80. The van der Waals surface area contributed by atoms with E-state index in [0.717, 1.165) is 11.1 Å². The topological polar surface area (TPSA) is 27.7 Å². The van der Waals surface area contributed by atoms with Crippen molar-refractivity contribution in [1.82, 2.24) is 0 Å². The van der Waals surface area contributed by atoms with Gasteiger partial charge in [0.15, 0.2) is 0 Å². The summed E-state index contributed by atoms with van der Waals surface area (Å²) in [5.41, 5.74) is 3.96. The Kier molecular flexibility index (Phi) is 7.98. The van der Waals surface area contributed by atoms with Crippen LogP contribution in [0.5, 0.6) is 11.5 Å². The number of halogens is 1. The first-order valence-corrected chi connectivity index (χ1v) is 12.7. The van der Waals surface area contributed by atoms with Crippen LogP contribution in [-0.2, 0) is 26.4 Å². The fraction of sp³-hybridized carbons (Fsp3) is 0.571. The van der Waals surface area contributed by atoms with Gasteiger partial charge in [0, 0.05) is 11.1 Å². The smallest absolute Gasteiger partial charge is 0.416 e. The van der Waals surface area contributed by atoms with Crippen molar-refractivity contribution < 1.29 is 18.3 Å². The molecule has 0 saturated heterocycles. The van der Waals surface area contributed by atoms with Crippen LogP contribution in [0.2, 0.25) is 0 Å². The molecule has 0 unspecified atom stereocenters. The van der Waals surface area contributed by atoms with Crippen LogP contribution in [0.4, 0.5) is 4.53 Å². The van der Waals surface area contributed by atoms with Gasteiger partial charge in [-0.1, -0.05) is 112 Å². The lowest BCUT2D eigenvalue weighted by molar-refractivity contribution is -0.0159. The van der Waals surface area contributed by atoms with Crippen LogP contribution < -0.4 is 9.05 Å². The maximum Gasteiger partial charge on any atom is 0.497 e. The molecule has 184 valence electrons. The normalized spacial score (nSPS) is 13.4. The first-order chi connectivity index (χ1) is 14.8. The Morgan fingerprint density at radius 3 is 1.12 bits per heavy atom. The second kappa shape index (κ2) is 9.55. The maximum atomic E-state index is 13.7. The van der Waals surface area contributed by atoms with Crippen molar-refractivity contribution in [2.75, 3.05) is 0 Å². The third kappa shape index (κ3) is 7.17. The van der Waals surface area contributed by atoms with Crippen LogP contribution in [0, 0.1) is 0 Å². The van der Waals surface area contributed by atoms with Crippen molar-refractivity contribution in [2.45, 2.75) is 105 Å². The quantitative estimate of drug-likeness (QED) is 0.402. The van der Waals surface area contributed by atoms with Gasteiger partial charge in [-0.15, -0.1) is 0 Å². The minimum atomic E-state index is -2.28. The van der Waals surface area contributed by atoms with Crippen molar-refractivity contribution in [2.24, 2.45) is 0 Å². The van der Waals surface area contributed by atoms with Crippen LogP contribution in [0.25, 0.3) is 0 Å². The van der Waals surface area contributed by atoms with E-state index in [-0.39, 0.29) is 21.7 Å². The Morgan fingerprint density at radius 2 is 0.879 bits per heavy atom. The summed E-state index contributed by atoms with van der Waals surface area (Å²) in [6.45, 7) is 25.7. The molecule has 2 aromatic rings. The van der Waals surface area contributed by atoms with Crippen molar-refractivity contribution in [1.29, 1.82) is 0 Å². The highest BCUT2D eigenvalue weighted by atomic mass is 31.2. The van der Waals surface area contributed by atoms with E-state index in [2.05, 4.69) is 99.9 Å². The van der Waals surface area contributed by atoms with Crippen LogP contribution in [0.1, 0.15) is 105 Å². The van der Waals surface area contributed by atoms with E-state index in [1.165, 1.54) is 11.1 Å². The Balaban J connectivity index is 2.44. The monoisotopic (exact) mass is 476 g/mol. The lowest BCUT2D eigenvalue weighted by Crippen LogP contribution is -2.18. The Labute approximate surface area is 201 Å². The van der Waals surface area contributed by atoms with Gasteiger partial charge in [-0.25, -0.2) is 0 Å². The summed E-state index contributed by atoms with van der Waals surface area (Å²) in [6, 6.07) is 12.1. The molecule has 0 fully saturated rings. The fourth-order valence-electron chi connectivity index (χ4n) is 3.53. The highest BCUT2D eigenvalue weighted by molar-refractivity contribution is 7.42. The molecular formula is C28H42FO3P. The van der Waals surface area contributed by atoms with Crippen LogP contribution in [-0.4, -0.2) is 0 Å². The van der Waals surface area contributed by atoms with Crippen LogP contribution in [0.3, 0.4) is 0 Å². The molecule has 2 rings (SSSR count). The molecule has 0 heterocycles. The zero-order valence-electron chi connectivity index (χ0n) is 22.5. The molecule has 0 aliphatic rings. The number of hydrogen-bond donors (Lipinski definition) is 0. The van der Waals surface area contributed by atoms with Crippen molar-refractivity contribution in [3.05, 3.63) is 58.7 Å². The summed E-state index contributed by atoms with van der Waals surface area (Å²) < 4.78 is 29.9. The van der Waals surface area contributed by atoms with Gasteiger partial charge in [-0.05, 0) is 49.4 Å². The third-order valence-electron chi connectivity index (χ3n) is 5.71. The molecule has 0 aliphatic heterocycles. The molecule has 0 N–H and O–H groups in total. The fourth-order valence-corrected chi connectivity index (χ4v) is 4.27. The van der Waals surface area contributed by atoms with E-state index in [0.29, 0.717) is 11.5 Å². The number of hydrogen-bond acceptors (Lipinski definition) is 3. The first kappa shape index (κ1) is 27.6. The molecular weight excluding hydrogens is 434 g/mol. The largest absolute Gasteiger partial charge is 0.497 e. The van der Waals surface area contributed by atoms with Gasteiger partial charge in [0.2, 0.25) is 0 Å². The molecule has 0 radical (unpaired) electrons. The highest BCUT2D eigenvalue weighted by Crippen LogP contribution is 2.48. The van der Waals surface area contributed by atoms with E-state index in [9.17, 15) is 4.53 Å². The van der Waals surface area contributed by atoms with E-state index >= 15 is 0 Å². The summed E-state index contributed by atoms with van der Waals surface area (Å²) in [5.74, 6) is 1.14. The minimum absolute atomic E-state index is 0.00718. The molecule has 3 nitrogen and oxygen atoms in total. The number of rotatable bonds is 5. The van der Waals surface area contributed by atoms with Gasteiger partial charge in [-0.3, -0.25) is 0 Å². The maximum absolute atomic E-state index is 13.7. The summed E-state index contributed by atoms with van der Waals surface area (Å²) >= 11 is 0. The van der Waals surface area contributed by atoms with E-state index in [1.807, 2.05) is 24.3 Å². The Morgan fingerprint density at radius 1 is 0.545 bits per heavy atom. The van der Waals surface area contributed by atoms with Gasteiger partial charge in [0.25, 0.3) is 0 Å². The van der Waals surface area contributed by atoms with Crippen LogP contribution >= 0.6 is 8.60 Å². The van der Waals surface area contributed by atoms with E-state index in [1.54, 1.807) is 0 Å². The zero-order chi connectivity index (χ0) is 25.4. The molecule has 0 bridgehead atoms. The van der Waals surface area contributed by atoms with E-state index in [4.69, 9.17) is 9.05 Å². The van der Waals surface area contributed by atoms with Gasteiger partial charge < -0.3 is 9.05 Å². The third-order valence-corrected chi connectivity index (χ3v) is 6.51. The molecule has 2 aromatic carbocycles. The molecule has 0 atom stereocenters. The second-order valence-electron chi connectivity index (χ2n) is 12.9. The van der Waals surface area contributed by atoms with Gasteiger partial charge >= 0.3 is 8.60 Å². The predicted molar refractivity (Wildman–Crippen MR) is 138 cm³/mol. The summed E-state index contributed by atoms with van der Waals surface area (Å²) in [5, 5.41) is 0. The predicted octanol–water partition coefficient (Wildman–Crippen LogP) is 9.46.